The monoisotopic (exact) mass is 955 g/mol. The highest BCUT2D eigenvalue weighted by Gasteiger charge is 2.68. The number of sulfone groups is 1. The average molecular weight is 956 g/mol. The van der Waals surface area contributed by atoms with Crippen LogP contribution >= 0.6 is 11.6 Å². The van der Waals surface area contributed by atoms with Crippen molar-refractivity contribution in [3.8, 4) is 11.1 Å². The first kappa shape index (κ1) is 44.4. The largest absolute Gasteiger partial charge is 0.435 e. The molecule has 4 aliphatic rings. The minimum absolute atomic E-state index is 0.00197. The van der Waals surface area contributed by atoms with Gasteiger partial charge in [0.15, 0.2) is 21.3 Å². The van der Waals surface area contributed by atoms with Gasteiger partial charge in [-0.1, -0.05) is 23.7 Å². The molecule has 0 saturated heterocycles. The summed E-state index contributed by atoms with van der Waals surface area (Å²) in [7, 11) is -5.83. The lowest BCUT2D eigenvalue weighted by Crippen LogP contribution is -2.36. The van der Waals surface area contributed by atoms with Crippen LogP contribution in [0.3, 0.4) is 0 Å². The second-order valence-corrected chi connectivity index (χ2v) is 23.0. The highest BCUT2D eigenvalue weighted by molar-refractivity contribution is 7.93. The number of carbonyl (C=O) groups excluding carboxylic acids is 1. The minimum Gasteiger partial charge on any atom is -0.346 e. The fourth-order valence-corrected chi connectivity index (χ4v) is 12.6. The predicted octanol–water partition coefficient (Wildman–Crippen LogP) is 8.28. The van der Waals surface area contributed by atoms with Crippen LogP contribution in [0.4, 0.5) is 36.6 Å². The van der Waals surface area contributed by atoms with Crippen LogP contribution in [0.15, 0.2) is 42.5 Å². The molecule has 9 rings (SSSR count). The summed E-state index contributed by atoms with van der Waals surface area (Å²) in [6, 6.07) is 7.52. The van der Waals surface area contributed by atoms with Gasteiger partial charge in [-0.25, -0.2) is 25.6 Å². The number of rotatable bonds is 15. The fourth-order valence-electron chi connectivity index (χ4n) is 8.96. The Morgan fingerprint density at radius 1 is 0.953 bits per heavy atom. The van der Waals surface area contributed by atoms with Gasteiger partial charge in [0.2, 0.25) is 15.9 Å². The van der Waals surface area contributed by atoms with Crippen LogP contribution in [-0.4, -0.2) is 62.5 Å². The van der Waals surface area contributed by atoms with Crippen LogP contribution in [0, 0.1) is 17.6 Å². The highest BCUT2D eigenvalue weighted by Crippen LogP contribution is 2.68. The van der Waals surface area contributed by atoms with Crippen molar-refractivity contribution < 1.29 is 52.4 Å². The van der Waals surface area contributed by atoms with Gasteiger partial charge in [-0.3, -0.25) is 23.9 Å². The van der Waals surface area contributed by atoms with E-state index in [-0.39, 0.29) is 52.3 Å². The number of benzene rings is 2. The van der Waals surface area contributed by atoms with Crippen LogP contribution in [-0.2, 0) is 63.2 Å². The number of sulfonamides is 1. The summed E-state index contributed by atoms with van der Waals surface area (Å²) in [5, 5.41) is 9.83. The van der Waals surface area contributed by atoms with Gasteiger partial charge in [0.05, 0.1) is 42.9 Å². The Balaban J connectivity index is 1.17. The van der Waals surface area contributed by atoms with Gasteiger partial charge in [0.25, 0.3) is 5.92 Å². The third-order valence-corrected chi connectivity index (χ3v) is 17.9. The van der Waals surface area contributed by atoms with E-state index >= 15 is 8.78 Å². The number of alkyl halides is 5. The smallest absolute Gasteiger partial charge is 0.346 e. The van der Waals surface area contributed by atoms with Crippen molar-refractivity contribution >= 4 is 54.1 Å². The quantitative estimate of drug-likeness (QED) is 0.0994. The zero-order valence-corrected chi connectivity index (χ0v) is 36.8. The molecule has 22 heteroatoms. The van der Waals surface area contributed by atoms with Gasteiger partial charge in [-0.2, -0.15) is 32.1 Å². The van der Waals surface area contributed by atoms with Crippen LogP contribution < -0.4 is 10.0 Å². The van der Waals surface area contributed by atoms with Crippen molar-refractivity contribution in [3.05, 3.63) is 93.0 Å². The molecule has 4 aliphatic carbocycles. The molecule has 3 atom stereocenters. The molecule has 1 amide bonds. The fraction of sp³-hybridized carbons (Fsp3) is 0.476. The average Bonchev–Trinajstić information content (AvgIpc) is 4.07. The second kappa shape index (κ2) is 15.1. The number of aryl methyl sites for hydroxylation is 2. The summed E-state index contributed by atoms with van der Waals surface area (Å²) in [5.41, 5.74) is -1.92. The third kappa shape index (κ3) is 7.92. The van der Waals surface area contributed by atoms with Crippen molar-refractivity contribution in [1.29, 1.82) is 0 Å². The van der Waals surface area contributed by atoms with E-state index in [4.69, 9.17) is 16.6 Å². The second-order valence-electron chi connectivity index (χ2n) is 17.8. The van der Waals surface area contributed by atoms with Gasteiger partial charge >= 0.3 is 6.18 Å². The number of amides is 1. The lowest BCUT2D eigenvalue weighted by Gasteiger charge is -2.26. The van der Waals surface area contributed by atoms with Crippen molar-refractivity contribution in [2.75, 3.05) is 4.72 Å². The number of anilines is 1. The van der Waals surface area contributed by atoms with Gasteiger partial charge in [-0.05, 0) is 101 Å². The molecule has 2 aromatic carbocycles. The van der Waals surface area contributed by atoms with Crippen molar-refractivity contribution in [1.82, 2.24) is 29.9 Å². The van der Waals surface area contributed by atoms with Crippen LogP contribution in [0.25, 0.3) is 22.0 Å². The molecule has 12 nitrogen and oxygen atoms in total. The van der Waals surface area contributed by atoms with E-state index in [1.54, 1.807) is 32.0 Å². The molecule has 0 aliphatic heterocycles. The molecule has 0 spiro atoms. The van der Waals surface area contributed by atoms with E-state index < -0.39 is 113 Å². The summed E-state index contributed by atoms with van der Waals surface area (Å²) in [5.74, 6) is -9.23. The minimum atomic E-state index is -5.09. The third-order valence-electron chi connectivity index (χ3n) is 12.6. The lowest BCUT2D eigenvalue weighted by atomic mass is 9.93. The van der Waals surface area contributed by atoms with Gasteiger partial charge in [-0.15, -0.1) is 0 Å². The normalized spacial score (nSPS) is 20.0. The number of pyridine rings is 1. The van der Waals surface area contributed by atoms with E-state index in [2.05, 4.69) is 20.2 Å². The highest BCUT2D eigenvalue weighted by atomic mass is 35.5. The van der Waals surface area contributed by atoms with E-state index in [1.807, 2.05) is 0 Å². The van der Waals surface area contributed by atoms with E-state index in [0.29, 0.717) is 53.2 Å². The molecule has 342 valence electrons. The molecule has 5 aromatic rings. The standard InChI is InChI=1S/C42H41ClF7N7O5S2/c1-40(2,63(59,60)24-5-6-24)13-12-23-4-9-26(27-10-11-30(43)34-36(27)56(3)54-39(34)55-64(61,62)25-7-8-25)35(51-23)31(16-20-14-21(44)17-22(45)15-20)52-32(58)19-57-38-33(37(53-57)42(48,49)50)28-18-29(28)41(38,46)47/h4,9-11,14-15,17,24-25,28-29,31H,5-8,12-13,16,18-19H2,1-3H3,(H,52,58)(H,54,55)/t28-,29?,31-/m0/s1. The number of hydrogen-bond donors (Lipinski definition) is 2. The number of carbonyl (C=O) groups is 1. The first-order valence-corrected chi connectivity index (χ1v) is 24.1. The van der Waals surface area contributed by atoms with Crippen molar-refractivity contribution in [2.45, 2.75) is 111 Å². The summed E-state index contributed by atoms with van der Waals surface area (Å²) < 4.78 is 159. The van der Waals surface area contributed by atoms with E-state index in [0.717, 1.165) is 12.1 Å². The van der Waals surface area contributed by atoms with Crippen LogP contribution in [0.1, 0.15) is 98.2 Å². The zero-order valence-electron chi connectivity index (χ0n) is 34.4. The number of nitrogens with zero attached hydrogens (tertiary/aromatic N) is 5. The molecule has 0 radical (unpaired) electrons. The molecule has 3 heterocycles. The van der Waals surface area contributed by atoms with Crippen molar-refractivity contribution in [2.24, 2.45) is 13.0 Å². The summed E-state index contributed by atoms with van der Waals surface area (Å²) in [6.45, 7) is 2.13. The van der Waals surface area contributed by atoms with E-state index in [1.165, 1.54) is 17.8 Å². The summed E-state index contributed by atoms with van der Waals surface area (Å²) in [6.07, 6.45) is -3.43. The maximum Gasteiger partial charge on any atom is 0.435 e. The Labute approximate surface area is 367 Å². The molecule has 3 aromatic heterocycles. The number of fused-ring (bicyclic) bond motifs is 4. The molecule has 0 bridgehead atoms. The number of nitrogens with one attached hydrogen (secondary N) is 2. The maximum atomic E-state index is 15.5. The van der Waals surface area contributed by atoms with Crippen molar-refractivity contribution in [3.63, 3.8) is 0 Å². The lowest BCUT2D eigenvalue weighted by molar-refractivity contribution is -0.142. The Hall–Kier alpha value is -4.76. The summed E-state index contributed by atoms with van der Waals surface area (Å²) >= 11 is 6.71. The predicted molar refractivity (Wildman–Crippen MR) is 222 cm³/mol. The molecule has 1 unspecified atom stereocenters. The molecular formula is C42H41ClF7N7O5S2. The Kier molecular flexibility index (Phi) is 10.5. The molecular weight excluding hydrogens is 915 g/mol. The zero-order chi connectivity index (χ0) is 46.1. The van der Waals surface area contributed by atoms with Crippen LogP contribution in [0.2, 0.25) is 5.02 Å². The Morgan fingerprint density at radius 3 is 2.25 bits per heavy atom. The Morgan fingerprint density at radius 2 is 1.61 bits per heavy atom. The molecule has 64 heavy (non-hydrogen) atoms. The maximum absolute atomic E-state index is 15.5. The van der Waals surface area contributed by atoms with Gasteiger partial charge in [0, 0.05) is 41.4 Å². The Bertz CT molecular complexity index is 2960. The SMILES string of the molecule is Cn1nc(NS(=O)(=O)C2CC2)c2c(Cl)ccc(-c3ccc(CCC(C)(C)S(=O)(=O)C4CC4)nc3[C@H](Cc3cc(F)cc(F)c3)NC(=O)Cn3nc(C(F)(F)F)c4c3C(F)(F)C3C[C@H]43)c21. The first-order chi connectivity index (χ1) is 29.9. The first-order valence-electron chi connectivity index (χ1n) is 20.6. The molecule has 3 fully saturated rings. The van der Waals surface area contributed by atoms with Gasteiger partial charge in [0.1, 0.15) is 23.9 Å². The molecule has 2 N–H and O–H groups in total. The van der Waals surface area contributed by atoms with Gasteiger partial charge < -0.3 is 5.32 Å². The van der Waals surface area contributed by atoms with E-state index in [9.17, 15) is 43.6 Å². The number of halogens is 8. The molecule has 3 saturated carbocycles. The topological polar surface area (TPSA) is 158 Å². The van der Waals surface area contributed by atoms with Crippen LogP contribution in [0.5, 0.6) is 0 Å². The number of aromatic nitrogens is 5. The number of hydrogen-bond acceptors (Lipinski definition) is 8. The summed E-state index contributed by atoms with van der Waals surface area (Å²) in [4.78, 5) is 19.0.